The molecule has 0 aliphatic carbocycles. The van der Waals surface area contributed by atoms with E-state index in [1.54, 1.807) is 19.1 Å². The number of nitrogens with zero attached hydrogens (tertiary/aromatic N) is 3. The molecule has 182 valence electrons. The topological polar surface area (TPSA) is 127 Å². The van der Waals surface area contributed by atoms with Crippen LogP contribution in [0.5, 0.6) is 0 Å². The number of anilines is 1. The highest BCUT2D eigenvalue weighted by Gasteiger charge is 2.24. The van der Waals surface area contributed by atoms with Crippen molar-refractivity contribution in [2.75, 3.05) is 5.32 Å². The predicted octanol–water partition coefficient (Wildman–Crippen LogP) is 4.54. The summed E-state index contributed by atoms with van der Waals surface area (Å²) in [5.74, 6) is -1.54. The van der Waals surface area contributed by atoms with Gasteiger partial charge in [0, 0.05) is 29.2 Å². The first-order chi connectivity index (χ1) is 17.3. The largest absolute Gasteiger partial charge is 0.340 e. The van der Waals surface area contributed by atoms with Crippen molar-refractivity contribution in [3.63, 3.8) is 0 Å². The van der Waals surface area contributed by atoms with E-state index in [9.17, 15) is 24.1 Å². The molecule has 1 unspecified atom stereocenters. The Morgan fingerprint density at radius 3 is 2.47 bits per heavy atom. The molecule has 0 aliphatic rings. The first kappa shape index (κ1) is 24.6. The fourth-order valence-electron chi connectivity index (χ4n) is 3.42. The smallest absolute Gasteiger partial charge is 0.273 e. The fraction of sp³-hybridized carbons (Fsp3) is 0.120. The molecule has 1 aromatic heterocycles. The summed E-state index contributed by atoms with van der Waals surface area (Å²) in [4.78, 5) is 36.8. The average Bonchev–Trinajstić information content (AvgIpc) is 3.33. The van der Waals surface area contributed by atoms with E-state index in [2.05, 4.69) is 20.8 Å². The molecule has 2 N–H and O–H groups in total. The Labute approximate surface area is 209 Å². The van der Waals surface area contributed by atoms with E-state index in [0.717, 1.165) is 16.9 Å². The Morgan fingerprint density at radius 2 is 1.78 bits per heavy atom. The number of benzene rings is 3. The second-order valence-electron chi connectivity index (χ2n) is 7.88. The first-order valence-electron chi connectivity index (χ1n) is 10.8. The molecule has 9 nitrogen and oxygen atoms in total. The molecule has 0 aliphatic heterocycles. The molecule has 2 amide bonds. The van der Waals surface area contributed by atoms with Crippen molar-refractivity contribution in [3.05, 3.63) is 105 Å². The van der Waals surface area contributed by atoms with Gasteiger partial charge >= 0.3 is 0 Å². The second-order valence-corrected chi connectivity index (χ2v) is 8.86. The minimum atomic E-state index is -1.00. The van der Waals surface area contributed by atoms with Crippen molar-refractivity contribution >= 4 is 34.0 Å². The summed E-state index contributed by atoms with van der Waals surface area (Å²) >= 11 is 1.10. The van der Waals surface area contributed by atoms with Gasteiger partial charge in [-0.05, 0) is 42.8 Å². The van der Waals surface area contributed by atoms with Crippen molar-refractivity contribution in [1.29, 1.82) is 0 Å². The third-order valence-electron chi connectivity index (χ3n) is 5.32. The van der Waals surface area contributed by atoms with Crippen LogP contribution in [-0.4, -0.2) is 33.0 Å². The maximum absolute atomic E-state index is 13.2. The molecule has 0 spiro atoms. The highest BCUT2D eigenvalue weighted by atomic mass is 32.1. The summed E-state index contributed by atoms with van der Waals surface area (Å²) in [7, 11) is 0. The molecule has 4 aromatic rings. The number of hydrogen-bond acceptors (Lipinski definition) is 7. The molecule has 3 aromatic carbocycles. The average molecular weight is 506 g/mol. The van der Waals surface area contributed by atoms with Crippen molar-refractivity contribution in [3.8, 4) is 10.6 Å². The number of hydrogen-bond donors (Lipinski definition) is 2. The Hall–Kier alpha value is -4.51. The van der Waals surface area contributed by atoms with Gasteiger partial charge in [-0.3, -0.25) is 25.0 Å². The number of aromatic nitrogens is 2. The van der Waals surface area contributed by atoms with Crippen LogP contribution >= 0.6 is 11.3 Å². The standard InChI is InChI=1S/C25H20FN5O4S/c1-15-7-8-18(14-21(15)31(34)35)22(32)27-20(13-16-5-3-2-4-6-16)23(33)28-25-30-29-24(36-25)17-9-11-19(26)12-10-17/h2-12,14,20H,13H2,1H3,(H,27,32)(H,28,30,33). The third kappa shape index (κ3) is 5.94. The van der Waals surface area contributed by atoms with Gasteiger partial charge in [-0.2, -0.15) is 0 Å². The summed E-state index contributed by atoms with van der Waals surface area (Å²) in [5.41, 5.74) is 1.74. The minimum Gasteiger partial charge on any atom is -0.340 e. The van der Waals surface area contributed by atoms with Gasteiger partial charge in [-0.1, -0.05) is 47.7 Å². The lowest BCUT2D eigenvalue weighted by molar-refractivity contribution is -0.385. The molecule has 11 heteroatoms. The molecule has 0 saturated heterocycles. The van der Waals surface area contributed by atoms with Crippen LogP contribution < -0.4 is 10.6 Å². The summed E-state index contributed by atoms with van der Waals surface area (Å²) in [6.07, 6.45) is 0.177. The minimum absolute atomic E-state index is 0.0627. The summed E-state index contributed by atoms with van der Waals surface area (Å²) in [5, 5.41) is 25.3. The van der Waals surface area contributed by atoms with E-state index in [1.807, 2.05) is 30.3 Å². The number of halogens is 1. The van der Waals surface area contributed by atoms with E-state index in [1.165, 1.54) is 30.3 Å². The second kappa shape index (κ2) is 10.8. The zero-order valence-electron chi connectivity index (χ0n) is 19.0. The van der Waals surface area contributed by atoms with Crippen molar-refractivity contribution in [1.82, 2.24) is 15.5 Å². The molecular formula is C25H20FN5O4S. The number of nitrogens with one attached hydrogen (secondary N) is 2. The summed E-state index contributed by atoms with van der Waals surface area (Å²) in [6.45, 7) is 1.58. The van der Waals surface area contributed by atoms with Crippen molar-refractivity contribution in [2.45, 2.75) is 19.4 Å². The number of carbonyl (C=O) groups is 2. The van der Waals surface area contributed by atoms with E-state index in [-0.39, 0.29) is 28.6 Å². The van der Waals surface area contributed by atoms with Gasteiger partial charge in [-0.15, -0.1) is 10.2 Å². The molecule has 0 saturated carbocycles. The lowest BCUT2D eigenvalue weighted by Gasteiger charge is -2.18. The van der Waals surface area contributed by atoms with Crippen LogP contribution in [0, 0.1) is 22.9 Å². The lowest BCUT2D eigenvalue weighted by atomic mass is 10.0. The maximum atomic E-state index is 13.2. The molecule has 1 atom stereocenters. The lowest BCUT2D eigenvalue weighted by Crippen LogP contribution is -2.45. The Balaban J connectivity index is 1.54. The van der Waals surface area contributed by atoms with Gasteiger partial charge in [0.1, 0.15) is 16.9 Å². The Morgan fingerprint density at radius 1 is 1.06 bits per heavy atom. The number of rotatable bonds is 8. The van der Waals surface area contributed by atoms with E-state index in [4.69, 9.17) is 0 Å². The molecule has 0 radical (unpaired) electrons. The van der Waals surface area contributed by atoms with Crippen LogP contribution in [0.4, 0.5) is 15.2 Å². The first-order valence-corrected chi connectivity index (χ1v) is 11.6. The van der Waals surface area contributed by atoms with Crippen LogP contribution in [0.1, 0.15) is 21.5 Å². The number of amides is 2. The summed E-state index contributed by atoms with van der Waals surface area (Å²) < 4.78 is 13.2. The quantitative estimate of drug-likeness (QED) is 0.267. The predicted molar refractivity (Wildman–Crippen MR) is 133 cm³/mol. The SMILES string of the molecule is Cc1ccc(C(=O)NC(Cc2ccccc2)C(=O)Nc2nnc(-c3ccc(F)cc3)s2)cc1[N+](=O)[O-]. The fourth-order valence-corrected chi connectivity index (χ4v) is 4.18. The van der Waals surface area contributed by atoms with Gasteiger partial charge in [0.25, 0.3) is 11.6 Å². The van der Waals surface area contributed by atoms with Crippen LogP contribution in [0.2, 0.25) is 0 Å². The van der Waals surface area contributed by atoms with Crippen LogP contribution in [0.3, 0.4) is 0 Å². The number of nitro benzene ring substituents is 1. The van der Waals surface area contributed by atoms with Crippen LogP contribution in [0.15, 0.2) is 72.8 Å². The highest BCUT2D eigenvalue weighted by Crippen LogP contribution is 2.26. The maximum Gasteiger partial charge on any atom is 0.273 e. The zero-order valence-corrected chi connectivity index (χ0v) is 19.8. The van der Waals surface area contributed by atoms with Crippen LogP contribution in [-0.2, 0) is 11.2 Å². The molecule has 1 heterocycles. The molecule has 4 rings (SSSR count). The molecule has 0 bridgehead atoms. The number of nitro groups is 1. The third-order valence-corrected chi connectivity index (χ3v) is 6.21. The Bertz CT molecular complexity index is 1410. The van der Waals surface area contributed by atoms with Crippen molar-refractivity contribution < 1.29 is 18.9 Å². The van der Waals surface area contributed by atoms with E-state index >= 15 is 0 Å². The Kier molecular flexibility index (Phi) is 7.40. The van der Waals surface area contributed by atoms with Gasteiger partial charge in [0.05, 0.1) is 4.92 Å². The van der Waals surface area contributed by atoms with Gasteiger partial charge in [-0.25, -0.2) is 4.39 Å². The molecular weight excluding hydrogens is 485 g/mol. The monoisotopic (exact) mass is 505 g/mol. The van der Waals surface area contributed by atoms with Gasteiger partial charge in [0.15, 0.2) is 0 Å². The van der Waals surface area contributed by atoms with Crippen LogP contribution in [0.25, 0.3) is 10.6 Å². The molecule has 36 heavy (non-hydrogen) atoms. The molecule has 0 fully saturated rings. The normalized spacial score (nSPS) is 11.5. The van der Waals surface area contributed by atoms with Crippen molar-refractivity contribution in [2.24, 2.45) is 0 Å². The number of carbonyl (C=O) groups excluding carboxylic acids is 2. The number of aryl methyl sites for hydroxylation is 1. The van der Waals surface area contributed by atoms with Gasteiger partial charge in [0.2, 0.25) is 11.0 Å². The van der Waals surface area contributed by atoms with E-state index < -0.39 is 22.8 Å². The van der Waals surface area contributed by atoms with E-state index in [0.29, 0.717) is 16.1 Å². The summed E-state index contributed by atoms with van der Waals surface area (Å²) in [6, 6.07) is 18.0. The highest BCUT2D eigenvalue weighted by molar-refractivity contribution is 7.18. The van der Waals surface area contributed by atoms with Gasteiger partial charge < -0.3 is 5.32 Å². The zero-order chi connectivity index (χ0) is 25.7.